The zero-order valence-electron chi connectivity index (χ0n) is 31.5. The van der Waals surface area contributed by atoms with Crippen LogP contribution in [0.4, 0.5) is 0 Å². The van der Waals surface area contributed by atoms with Crippen molar-refractivity contribution in [3.63, 3.8) is 0 Å². The Kier molecular flexibility index (Phi) is 30.0. The van der Waals surface area contributed by atoms with Crippen LogP contribution in [0.1, 0.15) is 174 Å². The van der Waals surface area contributed by atoms with E-state index < -0.39 is 49.5 Å². The zero-order chi connectivity index (χ0) is 36.0. The van der Waals surface area contributed by atoms with Gasteiger partial charge in [-0.15, -0.1) is 0 Å². The van der Waals surface area contributed by atoms with Crippen molar-refractivity contribution in [1.82, 2.24) is 10.6 Å². The predicted molar refractivity (Wildman–Crippen MR) is 197 cm³/mol. The Balaban J connectivity index is 2.38. The number of aliphatic hydroxyl groups is 5. The van der Waals surface area contributed by atoms with Crippen LogP contribution in [-0.4, -0.2) is 101 Å². The third-order valence-corrected chi connectivity index (χ3v) is 9.92. The summed E-state index contributed by atoms with van der Waals surface area (Å²) < 4.78 is 11.2. The molecule has 0 aromatic carbocycles. The quantitative estimate of drug-likeness (QED) is 0.0397. The lowest BCUT2D eigenvalue weighted by Gasteiger charge is -2.40. The number of rotatable bonds is 34. The highest BCUT2D eigenvalue weighted by Crippen LogP contribution is 2.22. The van der Waals surface area contributed by atoms with E-state index in [1.807, 2.05) is 0 Å². The van der Waals surface area contributed by atoms with E-state index in [0.717, 1.165) is 38.6 Å². The molecule has 0 aromatic rings. The van der Waals surface area contributed by atoms with Gasteiger partial charge in [0.05, 0.1) is 25.4 Å². The van der Waals surface area contributed by atoms with Gasteiger partial charge in [0.15, 0.2) is 6.29 Å². The monoisotopic (exact) mass is 703 g/mol. The average molecular weight is 703 g/mol. The fraction of sp³-hybridized carbons (Fsp3) is 0.974. The van der Waals surface area contributed by atoms with E-state index in [-0.39, 0.29) is 19.1 Å². The molecule has 10 heteroatoms. The summed E-state index contributed by atoms with van der Waals surface area (Å²) in [4.78, 5) is 12.9. The Labute approximate surface area is 299 Å². The van der Waals surface area contributed by atoms with Gasteiger partial charge in [-0.25, -0.2) is 0 Å². The summed E-state index contributed by atoms with van der Waals surface area (Å²) in [5, 5.41) is 57.3. The molecule has 10 nitrogen and oxygen atoms in total. The molecule has 0 radical (unpaired) electrons. The maximum absolute atomic E-state index is 12.9. The number of nitrogens with one attached hydrogen (secondary N) is 2. The van der Waals surface area contributed by atoms with Gasteiger partial charge in [-0.2, -0.15) is 0 Å². The second-order valence-corrected chi connectivity index (χ2v) is 14.5. The minimum absolute atomic E-state index is 0.171. The summed E-state index contributed by atoms with van der Waals surface area (Å²) in [6, 6.07) is -0.772. The summed E-state index contributed by atoms with van der Waals surface area (Å²) in [7, 11) is 0. The third-order valence-electron chi connectivity index (χ3n) is 9.92. The maximum Gasteiger partial charge on any atom is 0.220 e. The standard InChI is InChI=1S/C39H78N2O8/c1-3-5-7-9-11-13-15-16-17-18-19-21-23-25-27-35(44)41-32(31-48-39-38(47)37(46)36(45)34(30-42)49-39)33(43)29-40-28-26-24-22-20-14-12-10-8-6-4-2/h32-34,36-40,42-43,45-47H,3-31H2,1-2H3,(H,41,44)/t32-,33+,34+,36-,37-,38+,39+/m0/s1. The number of amides is 1. The molecule has 1 heterocycles. The third kappa shape index (κ3) is 23.4. The highest BCUT2D eigenvalue weighted by Gasteiger charge is 2.44. The van der Waals surface area contributed by atoms with Crippen molar-refractivity contribution in [1.29, 1.82) is 0 Å². The molecule has 0 unspecified atom stereocenters. The van der Waals surface area contributed by atoms with Crippen LogP contribution in [-0.2, 0) is 14.3 Å². The van der Waals surface area contributed by atoms with Gasteiger partial charge in [-0.1, -0.05) is 155 Å². The second-order valence-electron chi connectivity index (χ2n) is 14.5. The van der Waals surface area contributed by atoms with Crippen LogP contribution in [0.15, 0.2) is 0 Å². The van der Waals surface area contributed by atoms with E-state index in [0.29, 0.717) is 6.42 Å². The first-order chi connectivity index (χ1) is 23.8. The van der Waals surface area contributed by atoms with Crippen LogP contribution in [0.2, 0.25) is 0 Å². The van der Waals surface area contributed by atoms with Crippen molar-refractivity contribution in [3.05, 3.63) is 0 Å². The van der Waals surface area contributed by atoms with E-state index >= 15 is 0 Å². The number of carbonyl (C=O) groups is 1. The maximum atomic E-state index is 12.9. The lowest BCUT2D eigenvalue weighted by molar-refractivity contribution is -0.302. The van der Waals surface area contributed by atoms with Crippen molar-refractivity contribution in [2.75, 3.05) is 26.3 Å². The molecule has 0 aliphatic carbocycles. The van der Waals surface area contributed by atoms with Crippen molar-refractivity contribution in [3.8, 4) is 0 Å². The Morgan fingerprint density at radius 3 is 1.57 bits per heavy atom. The van der Waals surface area contributed by atoms with E-state index in [1.165, 1.54) is 122 Å². The van der Waals surface area contributed by atoms with Crippen LogP contribution in [0.3, 0.4) is 0 Å². The molecule has 0 aromatic heterocycles. The number of hydrogen-bond donors (Lipinski definition) is 7. The first-order valence-electron chi connectivity index (χ1n) is 20.5. The highest BCUT2D eigenvalue weighted by molar-refractivity contribution is 5.76. The number of aliphatic hydroxyl groups excluding tert-OH is 5. The average Bonchev–Trinajstić information content (AvgIpc) is 3.10. The van der Waals surface area contributed by atoms with Crippen LogP contribution in [0.25, 0.3) is 0 Å². The van der Waals surface area contributed by atoms with Gasteiger partial charge < -0.3 is 45.6 Å². The van der Waals surface area contributed by atoms with Crippen molar-refractivity contribution in [2.45, 2.75) is 217 Å². The van der Waals surface area contributed by atoms with E-state index in [4.69, 9.17) is 9.47 Å². The molecular weight excluding hydrogens is 624 g/mol. The molecule has 7 atom stereocenters. The van der Waals surface area contributed by atoms with Crippen LogP contribution in [0.5, 0.6) is 0 Å². The molecule has 1 amide bonds. The Morgan fingerprint density at radius 1 is 0.653 bits per heavy atom. The van der Waals surface area contributed by atoms with Gasteiger partial charge >= 0.3 is 0 Å². The molecule has 1 aliphatic rings. The van der Waals surface area contributed by atoms with E-state index in [1.54, 1.807) is 0 Å². The first kappa shape index (κ1) is 46.2. The number of unbranched alkanes of at least 4 members (excludes halogenated alkanes) is 22. The Hall–Kier alpha value is -0.850. The molecular formula is C39H78N2O8. The largest absolute Gasteiger partial charge is 0.394 e. The summed E-state index contributed by atoms with van der Waals surface area (Å²) in [5.41, 5.74) is 0. The van der Waals surface area contributed by atoms with Crippen LogP contribution in [0, 0.1) is 0 Å². The van der Waals surface area contributed by atoms with Gasteiger partial charge in [0.1, 0.15) is 24.4 Å². The summed E-state index contributed by atoms with van der Waals surface area (Å²) >= 11 is 0. The molecule has 49 heavy (non-hydrogen) atoms. The lowest BCUT2D eigenvalue weighted by Crippen LogP contribution is -2.60. The zero-order valence-corrected chi connectivity index (χ0v) is 31.5. The molecule has 1 saturated heterocycles. The molecule has 0 spiro atoms. The molecule has 292 valence electrons. The molecule has 1 fully saturated rings. The minimum Gasteiger partial charge on any atom is -0.394 e. The molecule has 0 bridgehead atoms. The lowest BCUT2D eigenvalue weighted by atomic mass is 9.99. The summed E-state index contributed by atoms with van der Waals surface area (Å²) in [5.74, 6) is -0.171. The van der Waals surface area contributed by atoms with E-state index in [9.17, 15) is 30.3 Å². The number of carbonyl (C=O) groups excluding carboxylic acids is 1. The topological polar surface area (TPSA) is 161 Å². The predicted octanol–water partition coefficient (Wildman–Crippen LogP) is 6.03. The van der Waals surface area contributed by atoms with Gasteiger partial charge in [0.2, 0.25) is 5.91 Å². The number of ether oxygens (including phenoxy) is 2. The Bertz CT molecular complexity index is 746. The normalized spacial score (nSPS) is 22.3. The molecule has 0 saturated carbocycles. The van der Waals surface area contributed by atoms with Crippen LogP contribution >= 0.6 is 0 Å². The first-order valence-corrected chi connectivity index (χ1v) is 20.5. The fourth-order valence-electron chi connectivity index (χ4n) is 6.54. The second kappa shape index (κ2) is 31.9. The van der Waals surface area contributed by atoms with Crippen molar-refractivity contribution < 1.29 is 39.8 Å². The van der Waals surface area contributed by atoms with Crippen molar-refractivity contribution >= 4 is 5.91 Å². The number of hydrogen-bond acceptors (Lipinski definition) is 9. The smallest absolute Gasteiger partial charge is 0.220 e. The van der Waals surface area contributed by atoms with E-state index in [2.05, 4.69) is 24.5 Å². The molecule has 1 aliphatic heterocycles. The van der Waals surface area contributed by atoms with Gasteiger partial charge in [0, 0.05) is 13.0 Å². The summed E-state index contributed by atoms with van der Waals surface area (Å²) in [6.45, 7) is 4.79. The van der Waals surface area contributed by atoms with Gasteiger partial charge in [0.25, 0.3) is 0 Å². The Morgan fingerprint density at radius 2 is 1.10 bits per heavy atom. The highest BCUT2D eigenvalue weighted by atomic mass is 16.7. The fourth-order valence-corrected chi connectivity index (χ4v) is 6.54. The SMILES string of the molecule is CCCCCCCCCCCCCCCCC(=O)N[C@@H](CO[C@@H]1O[C@H](CO)[C@H](O)[C@H](O)[C@H]1O)[C@H](O)CNCCCCCCCCCCCC. The van der Waals surface area contributed by atoms with Gasteiger partial charge in [-0.3, -0.25) is 4.79 Å². The van der Waals surface area contributed by atoms with Crippen molar-refractivity contribution in [2.24, 2.45) is 0 Å². The molecule has 7 N–H and O–H groups in total. The van der Waals surface area contributed by atoms with Gasteiger partial charge in [-0.05, 0) is 19.4 Å². The minimum atomic E-state index is -1.56. The summed E-state index contributed by atoms with van der Waals surface area (Å²) in [6.07, 6.45) is 22.3. The molecule has 1 rings (SSSR count). The van der Waals surface area contributed by atoms with Crippen LogP contribution < -0.4 is 10.6 Å².